The van der Waals surface area contributed by atoms with Crippen LogP contribution in [0.3, 0.4) is 0 Å². The summed E-state index contributed by atoms with van der Waals surface area (Å²) < 4.78 is 66.3. The van der Waals surface area contributed by atoms with E-state index in [0.717, 1.165) is 30.3 Å². The molecule has 0 amide bonds. The van der Waals surface area contributed by atoms with Crippen molar-refractivity contribution in [3.8, 4) is 5.75 Å². The van der Waals surface area contributed by atoms with E-state index in [0.29, 0.717) is 0 Å². The SMILES string of the molecule is O=C(O)c1cccc(S(=O)(=O)Nc2ccc(OC(F)(F)F)cc2)c1. The number of carbonyl (C=O) groups is 1. The van der Waals surface area contributed by atoms with Crippen LogP contribution in [0.5, 0.6) is 5.75 Å². The maximum atomic E-state index is 12.2. The zero-order chi connectivity index (χ0) is 18.0. The van der Waals surface area contributed by atoms with Crippen LogP contribution in [0.15, 0.2) is 53.4 Å². The molecule has 0 bridgehead atoms. The number of nitrogens with one attached hydrogen (secondary N) is 1. The molecule has 128 valence electrons. The summed E-state index contributed by atoms with van der Waals surface area (Å²) in [6.45, 7) is 0. The second-order valence-corrected chi connectivity index (χ2v) is 6.19. The molecule has 0 heterocycles. The van der Waals surface area contributed by atoms with Crippen LogP contribution in [-0.2, 0) is 10.0 Å². The molecule has 24 heavy (non-hydrogen) atoms. The third-order valence-electron chi connectivity index (χ3n) is 2.73. The normalized spacial score (nSPS) is 11.8. The summed E-state index contributed by atoms with van der Waals surface area (Å²) in [5.41, 5.74) is -0.225. The van der Waals surface area contributed by atoms with Gasteiger partial charge in [0, 0.05) is 5.69 Å². The van der Waals surface area contributed by atoms with Crippen molar-refractivity contribution in [2.45, 2.75) is 11.3 Å². The fourth-order valence-corrected chi connectivity index (χ4v) is 2.84. The summed E-state index contributed by atoms with van der Waals surface area (Å²) in [6.07, 6.45) is -4.85. The lowest BCUT2D eigenvalue weighted by molar-refractivity contribution is -0.274. The van der Waals surface area contributed by atoms with Gasteiger partial charge in [-0.05, 0) is 42.5 Å². The maximum Gasteiger partial charge on any atom is 0.573 e. The van der Waals surface area contributed by atoms with E-state index >= 15 is 0 Å². The topological polar surface area (TPSA) is 92.7 Å². The molecule has 2 rings (SSSR count). The zero-order valence-electron chi connectivity index (χ0n) is 11.7. The molecule has 0 spiro atoms. The Hall–Kier alpha value is -2.75. The van der Waals surface area contributed by atoms with Crippen molar-refractivity contribution >= 4 is 21.7 Å². The lowest BCUT2D eigenvalue weighted by Crippen LogP contribution is -2.17. The lowest BCUT2D eigenvalue weighted by Gasteiger charge is -2.11. The Labute approximate surface area is 134 Å². The summed E-state index contributed by atoms with van der Waals surface area (Å²) in [5.74, 6) is -1.79. The van der Waals surface area contributed by atoms with Gasteiger partial charge in [-0.1, -0.05) is 6.07 Å². The minimum absolute atomic E-state index is 0.00903. The van der Waals surface area contributed by atoms with E-state index in [1.807, 2.05) is 0 Å². The van der Waals surface area contributed by atoms with Crippen LogP contribution < -0.4 is 9.46 Å². The van der Waals surface area contributed by atoms with Gasteiger partial charge in [-0.3, -0.25) is 4.72 Å². The van der Waals surface area contributed by atoms with Gasteiger partial charge in [-0.2, -0.15) is 0 Å². The molecular weight excluding hydrogens is 351 g/mol. The zero-order valence-corrected chi connectivity index (χ0v) is 12.6. The molecule has 0 aliphatic rings. The molecule has 2 N–H and O–H groups in total. The van der Waals surface area contributed by atoms with Gasteiger partial charge >= 0.3 is 12.3 Å². The highest BCUT2D eigenvalue weighted by Crippen LogP contribution is 2.25. The number of ether oxygens (including phenoxy) is 1. The van der Waals surface area contributed by atoms with Crippen LogP contribution >= 0.6 is 0 Å². The highest BCUT2D eigenvalue weighted by molar-refractivity contribution is 7.92. The number of alkyl halides is 3. The van der Waals surface area contributed by atoms with E-state index in [1.165, 1.54) is 18.2 Å². The van der Waals surface area contributed by atoms with E-state index in [-0.39, 0.29) is 16.1 Å². The minimum Gasteiger partial charge on any atom is -0.478 e. The molecule has 0 radical (unpaired) electrons. The van der Waals surface area contributed by atoms with Crippen molar-refractivity contribution in [2.24, 2.45) is 0 Å². The van der Waals surface area contributed by atoms with Crippen LogP contribution in [0.2, 0.25) is 0 Å². The summed E-state index contributed by atoms with van der Waals surface area (Å²) in [4.78, 5) is 10.6. The predicted octanol–water partition coefficient (Wildman–Crippen LogP) is 3.08. The maximum absolute atomic E-state index is 12.2. The third-order valence-corrected chi connectivity index (χ3v) is 4.11. The Bertz CT molecular complexity index is 847. The quantitative estimate of drug-likeness (QED) is 0.854. The molecule has 2 aromatic carbocycles. The van der Waals surface area contributed by atoms with E-state index < -0.39 is 28.1 Å². The van der Waals surface area contributed by atoms with Crippen LogP contribution in [0.25, 0.3) is 0 Å². The van der Waals surface area contributed by atoms with Crippen molar-refractivity contribution < 1.29 is 36.2 Å². The number of benzene rings is 2. The standard InChI is InChI=1S/C14H10F3NO5S/c15-14(16,17)23-11-6-4-10(5-7-11)18-24(21,22)12-3-1-2-9(8-12)13(19)20/h1-8,18H,(H,19,20). The van der Waals surface area contributed by atoms with Crippen molar-refractivity contribution in [3.05, 3.63) is 54.1 Å². The van der Waals surface area contributed by atoms with E-state index in [4.69, 9.17) is 5.11 Å². The summed E-state index contributed by atoms with van der Waals surface area (Å²) >= 11 is 0. The number of sulfonamides is 1. The molecule has 0 aliphatic carbocycles. The molecule has 6 nitrogen and oxygen atoms in total. The number of aromatic carboxylic acids is 1. The van der Waals surface area contributed by atoms with Crippen molar-refractivity contribution in [1.82, 2.24) is 0 Å². The number of anilines is 1. The number of halogens is 3. The first-order chi connectivity index (χ1) is 11.1. The van der Waals surface area contributed by atoms with Gasteiger partial charge in [0.05, 0.1) is 10.5 Å². The van der Waals surface area contributed by atoms with Crippen molar-refractivity contribution in [1.29, 1.82) is 0 Å². The van der Waals surface area contributed by atoms with Gasteiger partial charge < -0.3 is 9.84 Å². The number of rotatable bonds is 5. The molecule has 0 saturated heterocycles. The number of carboxylic acids is 1. The average molecular weight is 361 g/mol. The molecule has 10 heteroatoms. The van der Waals surface area contributed by atoms with Crippen LogP contribution in [-0.4, -0.2) is 25.9 Å². The highest BCUT2D eigenvalue weighted by atomic mass is 32.2. The van der Waals surface area contributed by atoms with Crippen LogP contribution in [0.4, 0.5) is 18.9 Å². The van der Waals surface area contributed by atoms with Crippen LogP contribution in [0.1, 0.15) is 10.4 Å². The molecule has 0 aromatic heterocycles. The summed E-state index contributed by atoms with van der Waals surface area (Å²) in [7, 11) is -4.09. The molecule has 2 aromatic rings. The molecule has 0 fully saturated rings. The Morgan fingerprint density at radius 3 is 2.25 bits per heavy atom. The Morgan fingerprint density at radius 1 is 1.08 bits per heavy atom. The van der Waals surface area contributed by atoms with Gasteiger partial charge in [0.25, 0.3) is 10.0 Å². The Balaban J connectivity index is 2.20. The molecule has 0 atom stereocenters. The Kier molecular flexibility index (Phi) is 4.69. The first kappa shape index (κ1) is 17.6. The van der Waals surface area contributed by atoms with E-state index in [9.17, 15) is 26.4 Å². The van der Waals surface area contributed by atoms with Crippen molar-refractivity contribution in [2.75, 3.05) is 4.72 Å². The minimum atomic E-state index is -4.85. The first-order valence-electron chi connectivity index (χ1n) is 6.29. The smallest absolute Gasteiger partial charge is 0.478 e. The predicted molar refractivity (Wildman–Crippen MR) is 77.3 cm³/mol. The number of hydrogen-bond donors (Lipinski definition) is 2. The molecule has 0 aliphatic heterocycles. The monoisotopic (exact) mass is 361 g/mol. The van der Waals surface area contributed by atoms with Crippen molar-refractivity contribution in [3.63, 3.8) is 0 Å². The lowest BCUT2D eigenvalue weighted by atomic mass is 10.2. The summed E-state index contributed by atoms with van der Waals surface area (Å²) in [5, 5.41) is 8.87. The average Bonchev–Trinajstić information content (AvgIpc) is 2.48. The molecular formula is C14H10F3NO5S. The highest BCUT2D eigenvalue weighted by Gasteiger charge is 2.31. The third kappa shape index (κ3) is 4.62. The van der Waals surface area contributed by atoms with Gasteiger partial charge in [0.1, 0.15) is 5.75 Å². The second-order valence-electron chi connectivity index (χ2n) is 4.51. The fourth-order valence-electron chi connectivity index (χ4n) is 1.74. The number of hydrogen-bond acceptors (Lipinski definition) is 4. The van der Waals surface area contributed by atoms with E-state index in [1.54, 1.807) is 0 Å². The number of carboxylic acid groups (broad SMARTS) is 1. The fraction of sp³-hybridized carbons (Fsp3) is 0.0714. The van der Waals surface area contributed by atoms with Gasteiger partial charge in [-0.15, -0.1) is 13.2 Å². The van der Waals surface area contributed by atoms with Gasteiger partial charge in [0.15, 0.2) is 0 Å². The van der Waals surface area contributed by atoms with Gasteiger partial charge in [-0.25, -0.2) is 13.2 Å². The summed E-state index contributed by atoms with van der Waals surface area (Å²) in [6, 6.07) is 8.70. The van der Waals surface area contributed by atoms with E-state index in [2.05, 4.69) is 9.46 Å². The Morgan fingerprint density at radius 2 is 1.71 bits per heavy atom. The van der Waals surface area contributed by atoms with Gasteiger partial charge in [0.2, 0.25) is 0 Å². The van der Waals surface area contributed by atoms with Crippen LogP contribution in [0, 0.1) is 0 Å². The molecule has 0 unspecified atom stereocenters. The first-order valence-corrected chi connectivity index (χ1v) is 7.77. The molecule has 0 saturated carbocycles. The second kappa shape index (κ2) is 6.40. The largest absolute Gasteiger partial charge is 0.573 e.